The van der Waals surface area contributed by atoms with E-state index < -0.39 is 0 Å². The van der Waals surface area contributed by atoms with Crippen molar-refractivity contribution in [1.29, 1.82) is 0 Å². The van der Waals surface area contributed by atoms with Crippen LogP contribution < -0.4 is 5.32 Å². The summed E-state index contributed by atoms with van der Waals surface area (Å²) in [4.78, 5) is 16.0. The van der Waals surface area contributed by atoms with Crippen LogP contribution in [0.15, 0.2) is 16.9 Å². The Morgan fingerprint density at radius 2 is 2.35 bits per heavy atom. The first kappa shape index (κ1) is 12.5. The van der Waals surface area contributed by atoms with Crippen molar-refractivity contribution in [3.8, 4) is 0 Å². The maximum Gasteiger partial charge on any atom is 0.253 e. The number of ether oxygens (including phenoxy) is 1. The molecule has 0 spiro atoms. The lowest BCUT2D eigenvalue weighted by Gasteiger charge is -2.12. The van der Waals surface area contributed by atoms with Crippen LogP contribution in [-0.2, 0) is 9.53 Å². The SMILES string of the molecule is Cc1cc(NC(=O)C2CCC(C)O2)cnc1Br. The monoisotopic (exact) mass is 298 g/mol. The van der Waals surface area contributed by atoms with Crippen molar-refractivity contribution in [3.63, 3.8) is 0 Å². The van der Waals surface area contributed by atoms with E-state index in [2.05, 4.69) is 26.2 Å². The number of halogens is 1. The van der Waals surface area contributed by atoms with Crippen molar-refractivity contribution in [2.24, 2.45) is 0 Å². The van der Waals surface area contributed by atoms with E-state index in [1.807, 2.05) is 19.9 Å². The second-order valence-electron chi connectivity index (χ2n) is 4.33. The first-order valence-corrected chi connectivity index (χ1v) is 6.44. The van der Waals surface area contributed by atoms with Crippen LogP contribution in [0.5, 0.6) is 0 Å². The largest absolute Gasteiger partial charge is 0.365 e. The molecule has 2 heterocycles. The van der Waals surface area contributed by atoms with Gasteiger partial charge in [-0.2, -0.15) is 0 Å². The molecule has 1 aliphatic heterocycles. The molecule has 2 rings (SSSR count). The fourth-order valence-electron chi connectivity index (χ4n) is 1.84. The summed E-state index contributed by atoms with van der Waals surface area (Å²) in [7, 11) is 0. The molecular weight excluding hydrogens is 284 g/mol. The van der Waals surface area contributed by atoms with Crippen LogP contribution in [0.2, 0.25) is 0 Å². The minimum Gasteiger partial charge on any atom is -0.365 e. The van der Waals surface area contributed by atoms with Gasteiger partial charge in [0.25, 0.3) is 5.91 Å². The van der Waals surface area contributed by atoms with Gasteiger partial charge < -0.3 is 10.1 Å². The Balaban J connectivity index is 2.00. The third-order valence-corrected chi connectivity index (χ3v) is 3.64. The van der Waals surface area contributed by atoms with Crippen LogP contribution >= 0.6 is 15.9 Å². The third kappa shape index (κ3) is 3.04. The van der Waals surface area contributed by atoms with Crippen molar-refractivity contribution in [1.82, 2.24) is 4.98 Å². The third-order valence-electron chi connectivity index (χ3n) is 2.81. The Hall–Kier alpha value is -0.940. The zero-order valence-electron chi connectivity index (χ0n) is 9.87. The summed E-state index contributed by atoms with van der Waals surface area (Å²) in [5.41, 5.74) is 1.70. The number of hydrogen-bond acceptors (Lipinski definition) is 3. The van der Waals surface area contributed by atoms with Gasteiger partial charge in [0.15, 0.2) is 0 Å². The molecule has 0 aliphatic carbocycles. The first-order valence-electron chi connectivity index (χ1n) is 5.64. The minimum absolute atomic E-state index is 0.0853. The van der Waals surface area contributed by atoms with E-state index in [1.54, 1.807) is 6.20 Å². The number of anilines is 1. The van der Waals surface area contributed by atoms with Crippen molar-refractivity contribution in [2.45, 2.75) is 38.9 Å². The topological polar surface area (TPSA) is 51.2 Å². The molecule has 0 saturated carbocycles. The van der Waals surface area contributed by atoms with Crippen molar-refractivity contribution >= 4 is 27.5 Å². The molecule has 2 atom stereocenters. The average molecular weight is 299 g/mol. The lowest BCUT2D eigenvalue weighted by atomic mass is 10.2. The van der Waals surface area contributed by atoms with E-state index in [1.165, 1.54) is 0 Å². The van der Waals surface area contributed by atoms with Crippen LogP contribution in [0.1, 0.15) is 25.3 Å². The molecular formula is C12H15BrN2O2. The highest BCUT2D eigenvalue weighted by Crippen LogP contribution is 2.21. The van der Waals surface area contributed by atoms with Gasteiger partial charge in [0.2, 0.25) is 0 Å². The quantitative estimate of drug-likeness (QED) is 0.854. The molecule has 4 nitrogen and oxygen atoms in total. The average Bonchev–Trinajstić information content (AvgIpc) is 2.70. The molecule has 1 aromatic rings. The van der Waals surface area contributed by atoms with E-state index in [0.717, 1.165) is 23.0 Å². The number of aromatic nitrogens is 1. The van der Waals surface area contributed by atoms with Gasteiger partial charge in [-0.1, -0.05) is 0 Å². The Morgan fingerprint density at radius 3 is 2.94 bits per heavy atom. The minimum atomic E-state index is -0.325. The molecule has 1 fully saturated rings. The molecule has 1 amide bonds. The second kappa shape index (κ2) is 5.14. The number of carbonyl (C=O) groups excluding carboxylic acids is 1. The highest BCUT2D eigenvalue weighted by atomic mass is 79.9. The number of nitrogens with one attached hydrogen (secondary N) is 1. The van der Waals surface area contributed by atoms with Crippen LogP contribution in [0.4, 0.5) is 5.69 Å². The number of amides is 1. The Bertz CT molecular complexity index is 437. The normalized spacial score (nSPS) is 23.7. The highest BCUT2D eigenvalue weighted by Gasteiger charge is 2.28. The smallest absolute Gasteiger partial charge is 0.253 e. The van der Waals surface area contributed by atoms with Gasteiger partial charge in [-0.25, -0.2) is 4.98 Å². The summed E-state index contributed by atoms with van der Waals surface area (Å²) in [5, 5.41) is 2.83. The number of nitrogens with zero attached hydrogens (tertiary/aromatic N) is 1. The van der Waals surface area contributed by atoms with Gasteiger partial charge in [-0.15, -0.1) is 0 Å². The van der Waals surface area contributed by atoms with Crippen molar-refractivity contribution in [2.75, 3.05) is 5.32 Å². The fraction of sp³-hybridized carbons (Fsp3) is 0.500. The summed E-state index contributed by atoms with van der Waals surface area (Å²) < 4.78 is 6.30. The molecule has 2 unspecified atom stereocenters. The molecule has 17 heavy (non-hydrogen) atoms. The summed E-state index contributed by atoms with van der Waals surface area (Å²) in [6, 6.07) is 1.88. The van der Waals surface area contributed by atoms with E-state index in [0.29, 0.717) is 5.69 Å². The zero-order valence-corrected chi connectivity index (χ0v) is 11.5. The molecule has 0 bridgehead atoms. The van der Waals surface area contributed by atoms with Crippen LogP contribution in [0.3, 0.4) is 0 Å². The molecule has 92 valence electrons. The summed E-state index contributed by atoms with van der Waals surface area (Å²) in [6.07, 6.45) is 3.21. The number of rotatable bonds is 2. The molecule has 1 aliphatic rings. The number of carbonyl (C=O) groups is 1. The van der Waals surface area contributed by atoms with Crippen LogP contribution in [-0.4, -0.2) is 23.1 Å². The van der Waals surface area contributed by atoms with Gasteiger partial charge in [0, 0.05) is 0 Å². The molecule has 0 radical (unpaired) electrons. The zero-order chi connectivity index (χ0) is 12.4. The van der Waals surface area contributed by atoms with E-state index >= 15 is 0 Å². The number of pyridine rings is 1. The van der Waals surface area contributed by atoms with Gasteiger partial charge in [-0.3, -0.25) is 4.79 Å². The summed E-state index contributed by atoms with van der Waals surface area (Å²) in [5.74, 6) is -0.0853. The lowest BCUT2D eigenvalue weighted by Crippen LogP contribution is -2.27. The molecule has 0 aromatic carbocycles. The van der Waals surface area contributed by atoms with Gasteiger partial charge in [0.1, 0.15) is 10.7 Å². The molecule has 1 aromatic heterocycles. The van der Waals surface area contributed by atoms with Crippen molar-refractivity contribution < 1.29 is 9.53 Å². The predicted molar refractivity (Wildman–Crippen MR) is 68.9 cm³/mol. The number of aryl methyl sites for hydroxylation is 1. The second-order valence-corrected chi connectivity index (χ2v) is 5.08. The van der Waals surface area contributed by atoms with E-state index in [9.17, 15) is 4.79 Å². The molecule has 1 N–H and O–H groups in total. The highest BCUT2D eigenvalue weighted by molar-refractivity contribution is 9.10. The van der Waals surface area contributed by atoms with Gasteiger partial charge >= 0.3 is 0 Å². The Morgan fingerprint density at radius 1 is 1.59 bits per heavy atom. The van der Waals surface area contributed by atoms with Crippen LogP contribution in [0.25, 0.3) is 0 Å². The lowest BCUT2D eigenvalue weighted by molar-refractivity contribution is -0.126. The van der Waals surface area contributed by atoms with E-state index in [-0.39, 0.29) is 18.1 Å². The summed E-state index contributed by atoms with van der Waals surface area (Å²) in [6.45, 7) is 3.92. The maximum atomic E-state index is 11.9. The van der Waals surface area contributed by atoms with Crippen molar-refractivity contribution in [3.05, 3.63) is 22.4 Å². The number of hydrogen-bond donors (Lipinski definition) is 1. The predicted octanol–water partition coefficient (Wildman–Crippen LogP) is 2.66. The summed E-state index contributed by atoms with van der Waals surface area (Å²) >= 11 is 3.32. The Kier molecular flexibility index (Phi) is 3.79. The fourth-order valence-corrected chi connectivity index (χ4v) is 2.06. The van der Waals surface area contributed by atoms with Gasteiger partial charge in [-0.05, 0) is 54.2 Å². The maximum absolute atomic E-state index is 11.9. The van der Waals surface area contributed by atoms with Crippen LogP contribution in [0, 0.1) is 6.92 Å². The Labute approximate surface area is 109 Å². The van der Waals surface area contributed by atoms with Gasteiger partial charge in [0.05, 0.1) is 18.0 Å². The molecule has 1 saturated heterocycles. The first-order chi connectivity index (χ1) is 8.06. The standard InChI is InChI=1S/C12H15BrN2O2/c1-7-5-9(6-14-11(7)13)15-12(16)10-4-3-8(2)17-10/h5-6,8,10H,3-4H2,1-2H3,(H,15,16). The van der Waals surface area contributed by atoms with E-state index in [4.69, 9.17) is 4.74 Å². The molecule has 5 heteroatoms.